The number of rotatable bonds is 12. The maximum absolute atomic E-state index is 7.29. The van der Waals surface area contributed by atoms with Gasteiger partial charge in [-0.25, -0.2) is 9.97 Å². The molecule has 0 spiro atoms. The van der Waals surface area contributed by atoms with E-state index in [2.05, 4.69) is 272 Å². The van der Waals surface area contributed by atoms with E-state index in [1.807, 2.05) is 6.07 Å². The minimum absolute atomic E-state index is 0.184. The quantitative estimate of drug-likeness (QED) is 0.114. The molecule has 0 atom stereocenters. The van der Waals surface area contributed by atoms with E-state index in [0.29, 0.717) is 11.5 Å². The third-order valence-electron chi connectivity index (χ3n) is 17.0. The van der Waals surface area contributed by atoms with E-state index in [1.54, 1.807) is 0 Å². The molecule has 14 aromatic rings. The Balaban J connectivity index is 0.995. The van der Waals surface area contributed by atoms with Crippen molar-refractivity contribution in [1.82, 2.24) is 24.1 Å². The maximum Gasteiger partial charge on any atom is 0.149 e. The zero-order valence-electron chi connectivity index (χ0n) is 49.4. The zero-order valence-corrected chi connectivity index (χ0v) is 49.4. The van der Waals surface area contributed by atoms with Gasteiger partial charge in [-0.15, -0.1) is 0 Å². The van der Waals surface area contributed by atoms with Crippen LogP contribution in [0, 0.1) is 13.8 Å². The van der Waals surface area contributed by atoms with E-state index < -0.39 is 0 Å². The Morgan fingerprint density at radius 3 is 1.48 bits per heavy atom. The van der Waals surface area contributed by atoms with Crippen LogP contribution in [0.3, 0.4) is 0 Å². The molecule has 0 bridgehead atoms. The van der Waals surface area contributed by atoms with Crippen molar-refractivity contribution in [3.63, 3.8) is 0 Å². The molecule has 0 aliphatic rings. The largest absolute Gasteiger partial charge is 0.457 e. The van der Waals surface area contributed by atoms with E-state index in [9.17, 15) is 0 Å². The van der Waals surface area contributed by atoms with Gasteiger partial charge in [0.15, 0.2) is 0 Å². The fraction of sp³-hybridized carbons (Fsp3) is 0.182. The molecular weight excluding hydrogens is 1030 g/mol. The molecule has 0 fully saturated rings. The van der Waals surface area contributed by atoms with Crippen molar-refractivity contribution in [3.05, 3.63) is 234 Å². The van der Waals surface area contributed by atoms with Crippen LogP contribution in [0.5, 0.6) is 11.5 Å². The average molecular weight is 1090 g/mol. The first kappa shape index (κ1) is 52.5. The standard InChI is InChI=1S/C77H67N5O2/c1-44(2)59-37-54(50-22-13-11-14-23-50)38-60(45(3)4)73(59)81-70-30-19-17-28-68(70)79-76(81)53-26-21-27-56(35-53)83-57-41-66-65-36-52-32-33-58-49(10)78-48(9)34-64(58)63(52)43-72(65)84-75(66)67(42-57)77-80-69-29-18-20-31-71(69)82(77)74-61(46(5)6)39-55(40-62(74)47(7)8)51-24-15-12-16-25-51/h11-47H,1-10H3. The highest BCUT2D eigenvalue weighted by molar-refractivity contribution is 6.18. The van der Waals surface area contributed by atoms with E-state index in [-0.39, 0.29) is 23.7 Å². The number of hydrogen-bond acceptors (Lipinski definition) is 5. The predicted octanol–water partition coefficient (Wildman–Crippen LogP) is 21.5. The van der Waals surface area contributed by atoms with Gasteiger partial charge in [-0.2, -0.15) is 0 Å². The second-order valence-electron chi connectivity index (χ2n) is 24.0. The molecule has 4 aromatic heterocycles. The number of furan rings is 1. The molecule has 7 nitrogen and oxygen atoms in total. The second-order valence-corrected chi connectivity index (χ2v) is 24.0. The van der Waals surface area contributed by atoms with E-state index >= 15 is 0 Å². The summed E-state index contributed by atoms with van der Waals surface area (Å²) in [6.45, 7) is 22.5. The summed E-state index contributed by atoms with van der Waals surface area (Å²) >= 11 is 0. The summed E-state index contributed by atoms with van der Waals surface area (Å²) in [7, 11) is 0. The molecule has 0 radical (unpaired) electrons. The van der Waals surface area contributed by atoms with Gasteiger partial charge in [-0.1, -0.05) is 165 Å². The smallest absolute Gasteiger partial charge is 0.149 e. The number of aryl methyl sites for hydroxylation is 2. The topological polar surface area (TPSA) is 70.9 Å². The third-order valence-corrected chi connectivity index (χ3v) is 17.0. The molecular formula is C77H67N5O2. The van der Waals surface area contributed by atoms with Gasteiger partial charge in [0.1, 0.15) is 34.3 Å². The highest BCUT2D eigenvalue weighted by Crippen LogP contribution is 2.47. The molecule has 412 valence electrons. The van der Waals surface area contributed by atoms with Crippen LogP contribution in [-0.2, 0) is 0 Å². The van der Waals surface area contributed by atoms with Crippen LogP contribution in [0.4, 0.5) is 0 Å². The minimum Gasteiger partial charge on any atom is -0.457 e. The zero-order chi connectivity index (χ0) is 57.7. The van der Waals surface area contributed by atoms with Crippen LogP contribution in [-0.4, -0.2) is 24.1 Å². The number of pyridine rings is 1. The molecule has 0 amide bonds. The van der Waals surface area contributed by atoms with Gasteiger partial charge in [0.2, 0.25) is 0 Å². The predicted molar refractivity (Wildman–Crippen MR) is 350 cm³/mol. The second kappa shape index (κ2) is 20.7. The molecule has 0 aliphatic heterocycles. The van der Waals surface area contributed by atoms with E-state index in [0.717, 1.165) is 105 Å². The number of fused-ring (bicyclic) bond motifs is 8. The van der Waals surface area contributed by atoms with Gasteiger partial charge in [0, 0.05) is 33.1 Å². The van der Waals surface area contributed by atoms with Crippen LogP contribution in [0.1, 0.15) is 113 Å². The van der Waals surface area contributed by atoms with Crippen molar-refractivity contribution in [2.24, 2.45) is 0 Å². The Kier molecular flexibility index (Phi) is 12.9. The normalized spacial score (nSPS) is 12.1. The summed E-state index contributed by atoms with van der Waals surface area (Å²) in [6.07, 6.45) is 0. The van der Waals surface area contributed by atoms with Crippen LogP contribution >= 0.6 is 0 Å². The summed E-state index contributed by atoms with van der Waals surface area (Å²) < 4.78 is 19.4. The molecule has 0 N–H and O–H groups in total. The average Bonchev–Trinajstić information content (AvgIpc) is 2.07. The SMILES string of the molecule is Cc1cc2c(ccc3cc4c(cc32)oc2c(-c3nc5ccccc5n3-c3c(C(C)C)cc(-c5ccccc5)cc3C(C)C)cc(Oc3cccc(-c5nc6ccccc6n5-c5c(C(C)C)cc(-c6ccccc6)cc5C(C)C)c3)cc24)c(C)n1. The lowest BCUT2D eigenvalue weighted by molar-refractivity contribution is 0.483. The van der Waals surface area contributed by atoms with Crippen molar-refractivity contribution in [1.29, 1.82) is 0 Å². The first-order valence-electron chi connectivity index (χ1n) is 29.7. The fourth-order valence-corrected chi connectivity index (χ4v) is 12.9. The van der Waals surface area contributed by atoms with Crippen LogP contribution in [0.15, 0.2) is 205 Å². The molecule has 4 heterocycles. The Labute approximate surface area is 490 Å². The molecule has 7 heteroatoms. The van der Waals surface area contributed by atoms with Crippen molar-refractivity contribution < 1.29 is 9.15 Å². The Morgan fingerprint density at radius 1 is 0.381 bits per heavy atom. The number of para-hydroxylation sites is 4. The van der Waals surface area contributed by atoms with Gasteiger partial charge >= 0.3 is 0 Å². The summed E-state index contributed by atoms with van der Waals surface area (Å²) in [5.41, 5.74) is 21.4. The Bertz CT molecular complexity index is 4840. The summed E-state index contributed by atoms with van der Waals surface area (Å²) in [6, 6.07) is 71.9. The summed E-state index contributed by atoms with van der Waals surface area (Å²) in [4.78, 5) is 15.9. The molecule has 0 saturated heterocycles. The minimum atomic E-state index is 0.184. The monoisotopic (exact) mass is 1090 g/mol. The van der Waals surface area contributed by atoms with E-state index in [1.165, 1.54) is 50.2 Å². The molecule has 0 saturated carbocycles. The van der Waals surface area contributed by atoms with Crippen molar-refractivity contribution in [3.8, 4) is 67.9 Å². The number of benzene rings is 10. The molecule has 10 aromatic carbocycles. The Morgan fingerprint density at radius 2 is 0.905 bits per heavy atom. The van der Waals surface area contributed by atoms with Crippen molar-refractivity contribution in [2.45, 2.75) is 92.9 Å². The first-order valence-corrected chi connectivity index (χ1v) is 29.7. The lowest BCUT2D eigenvalue weighted by Gasteiger charge is -2.24. The van der Waals surface area contributed by atoms with Crippen molar-refractivity contribution in [2.75, 3.05) is 0 Å². The van der Waals surface area contributed by atoms with Crippen LogP contribution in [0.2, 0.25) is 0 Å². The van der Waals surface area contributed by atoms with Gasteiger partial charge in [-0.05, 0) is 189 Å². The number of ether oxygens (including phenoxy) is 1. The van der Waals surface area contributed by atoms with Gasteiger partial charge < -0.3 is 9.15 Å². The maximum atomic E-state index is 7.29. The fourth-order valence-electron chi connectivity index (χ4n) is 12.9. The van der Waals surface area contributed by atoms with Crippen LogP contribution in [0.25, 0.3) is 122 Å². The van der Waals surface area contributed by atoms with Crippen LogP contribution < -0.4 is 4.74 Å². The molecule has 0 unspecified atom stereocenters. The molecule has 0 aliphatic carbocycles. The number of imidazole rings is 2. The van der Waals surface area contributed by atoms with Gasteiger partial charge in [0.05, 0.1) is 39.0 Å². The van der Waals surface area contributed by atoms with Gasteiger partial charge in [0.25, 0.3) is 0 Å². The highest BCUT2D eigenvalue weighted by atomic mass is 16.5. The highest BCUT2D eigenvalue weighted by Gasteiger charge is 2.28. The van der Waals surface area contributed by atoms with E-state index in [4.69, 9.17) is 24.1 Å². The Hall–Kier alpha value is -9.59. The number of aromatic nitrogens is 5. The van der Waals surface area contributed by atoms with Crippen molar-refractivity contribution >= 4 is 65.6 Å². The number of hydrogen-bond donors (Lipinski definition) is 0. The lowest BCUT2D eigenvalue weighted by atomic mass is 9.88. The third kappa shape index (κ3) is 8.92. The molecule has 84 heavy (non-hydrogen) atoms. The summed E-state index contributed by atoms with van der Waals surface area (Å²) in [5.74, 6) is 3.79. The molecule has 14 rings (SSSR count). The number of nitrogens with zero attached hydrogens (tertiary/aromatic N) is 5. The lowest BCUT2D eigenvalue weighted by Crippen LogP contribution is -2.09. The summed E-state index contributed by atoms with van der Waals surface area (Å²) in [5, 5.41) is 6.46. The van der Waals surface area contributed by atoms with Gasteiger partial charge in [-0.3, -0.25) is 14.1 Å². The first-order chi connectivity index (χ1) is 40.8.